The van der Waals surface area contributed by atoms with Gasteiger partial charge in [0.2, 0.25) is 0 Å². The van der Waals surface area contributed by atoms with Gasteiger partial charge in [0.25, 0.3) is 0 Å². The molecule has 1 aromatic heterocycles. The van der Waals surface area contributed by atoms with Gasteiger partial charge in [0, 0.05) is 25.8 Å². The predicted molar refractivity (Wildman–Crippen MR) is 69.9 cm³/mol. The van der Waals surface area contributed by atoms with Crippen LogP contribution in [-0.4, -0.2) is 9.78 Å². The van der Waals surface area contributed by atoms with Gasteiger partial charge in [-0.15, -0.1) is 0 Å². The second-order valence-corrected chi connectivity index (χ2v) is 4.70. The number of hydrogen-bond donors (Lipinski definition) is 1. The molecular weight excluding hydrogens is 267 g/mol. The first-order chi connectivity index (χ1) is 9.36. The van der Waals surface area contributed by atoms with Crippen LogP contribution in [0.4, 0.5) is 13.2 Å². The third-order valence-electron chi connectivity index (χ3n) is 3.10. The SMILES string of the molecule is CC(NCc1ccn(C)n1)c1ccc(C(F)(F)F)cc1. The standard InChI is InChI=1S/C14H16F3N3/c1-10(18-9-13-7-8-20(2)19-13)11-3-5-12(6-4-11)14(15,16)17/h3-8,10,18H,9H2,1-2H3. The number of aromatic nitrogens is 2. The monoisotopic (exact) mass is 283 g/mol. The van der Waals surface area contributed by atoms with Crippen molar-refractivity contribution in [1.29, 1.82) is 0 Å². The summed E-state index contributed by atoms with van der Waals surface area (Å²) in [5.41, 5.74) is 1.08. The third-order valence-corrected chi connectivity index (χ3v) is 3.10. The second kappa shape index (κ2) is 5.66. The van der Waals surface area contributed by atoms with Crippen LogP contribution in [0.2, 0.25) is 0 Å². The van der Waals surface area contributed by atoms with Crippen molar-refractivity contribution in [2.24, 2.45) is 7.05 Å². The van der Waals surface area contributed by atoms with Gasteiger partial charge in [0.15, 0.2) is 0 Å². The Kier molecular flexibility index (Phi) is 4.13. The molecule has 1 heterocycles. The van der Waals surface area contributed by atoms with Crippen molar-refractivity contribution in [1.82, 2.24) is 15.1 Å². The highest BCUT2D eigenvalue weighted by Gasteiger charge is 2.30. The van der Waals surface area contributed by atoms with E-state index in [-0.39, 0.29) is 6.04 Å². The molecule has 108 valence electrons. The third kappa shape index (κ3) is 3.60. The molecule has 0 amide bonds. The van der Waals surface area contributed by atoms with Gasteiger partial charge in [0.1, 0.15) is 0 Å². The summed E-state index contributed by atoms with van der Waals surface area (Å²) in [4.78, 5) is 0. The Morgan fingerprint density at radius 2 is 1.85 bits per heavy atom. The lowest BCUT2D eigenvalue weighted by Crippen LogP contribution is -2.18. The van der Waals surface area contributed by atoms with Crippen molar-refractivity contribution >= 4 is 0 Å². The Labute approximate surface area is 115 Å². The molecule has 3 nitrogen and oxygen atoms in total. The quantitative estimate of drug-likeness (QED) is 0.933. The van der Waals surface area contributed by atoms with E-state index in [1.54, 1.807) is 4.68 Å². The number of nitrogens with zero attached hydrogens (tertiary/aromatic N) is 2. The van der Waals surface area contributed by atoms with Crippen molar-refractivity contribution in [3.63, 3.8) is 0 Å². The maximum atomic E-state index is 12.5. The van der Waals surface area contributed by atoms with Crippen molar-refractivity contribution in [3.8, 4) is 0 Å². The molecule has 1 unspecified atom stereocenters. The molecule has 1 atom stereocenters. The maximum Gasteiger partial charge on any atom is 0.416 e. The molecule has 0 aliphatic heterocycles. The summed E-state index contributed by atoms with van der Waals surface area (Å²) in [6.45, 7) is 2.48. The fourth-order valence-corrected chi connectivity index (χ4v) is 1.89. The zero-order valence-electron chi connectivity index (χ0n) is 11.3. The zero-order chi connectivity index (χ0) is 14.8. The van der Waals surface area contributed by atoms with Crippen LogP contribution < -0.4 is 5.32 Å². The van der Waals surface area contributed by atoms with Gasteiger partial charge in [0.05, 0.1) is 11.3 Å². The molecule has 0 aliphatic rings. The lowest BCUT2D eigenvalue weighted by Gasteiger charge is -2.14. The average Bonchev–Trinajstić information content (AvgIpc) is 2.81. The molecule has 2 aromatic rings. The summed E-state index contributed by atoms with van der Waals surface area (Å²) in [5.74, 6) is 0. The Bertz CT molecular complexity index is 558. The fraction of sp³-hybridized carbons (Fsp3) is 0.357. The molecule has 0 saturated heterocycles. The first-order valence-corrected chi connectivity index (χ1v) is 6.25. The highest BCUT2D eigenvalue weighted by molar-refractivity contribution is 5.26. The zero-order valence-corrected chi connectivity index (χ0v) is 11.3. The molecule has 0 aliphatic carbocycles. The van der Waals surface area contributed by atoms with Crippen LogP contribution in [0.3, 0.4) is 0 Å². The summed E-state index contributed by atoms with van der Waals surface area (Å²) in [7, 11) is 1.84. The van der Waals surface area contributed by atoms with Crippen molar-refractivity contribution in [3.05, 3.63) is 53.3 Å². The fourth-order valence-electron chi connectivity index (χ4n) is 1.89. The second-order valence-electron chi connectivity index (χ2n) is 4.70. The molecule has 6 heteroatoms. The van der Waals surface area contributed by atoms with E-state index in [0.717, 1.165) is 23.4 Å². The van der Waals surface area contributed by atoms with Crippen LogP contribution >= 0.6 is 0 Å². The number of benzene rings is 1. The summed E-state index contributed by atoms with van der Waals surface area (Å²) in [5, 5.41) is 7.46. The van der Waals surface area contributed by atoms with Gasteiger partial charge in [-0.2, -0.15) is 18.3 Å². The van der Waals surface area contributed by atoms with Crippen LogP contribution in [0.25, 0.3) is 0 Å². The minimum Gasteiger partial charge on any atom is -0.304 e. The van der Waals surface area contributed by atoms with Gasteiger partial charge >= 0.3 is 6.18 Å². The van der Waals surface area contributed by atoms with Crippen LogP contribution in [0.1, 0.15) is 29.8 Å². The number of rotatable bonds is 4. The Hall–Kier alpha value is -1.82. The molecule has 0 bridgehead atoms. The van der Waals surface area contributed by atoms with E-state index in [1.807, 2.05) is 26.2 Å². The normalized spacial score (nSPS) is 13.4. The number of nitrogens with one attached hydrogen (secondary N) is 1. The number of aryl methyl sites for hydroxylation is 1. The topological polar surface area (TPSA) is 29.9 Å². The lowest BCUT2D eigenvalue weighted by molar-refractivity contribution is -0.137. The van der Waals surface area contributed by atoms with Crippen LogP contribution in [-0.2, 0) is 19.8 Å². The van der Waals surface area contributed by atoms with Gasteiger partial charge in [-0.05, 0) is 30.7 Å². The summed E-state index contributed by atoms with van der Waals surface area (Å²) in [6.07, 6.45) is -2.44. The van der Waals surface area contributed by atoms with E-state index < -0.39 is 11.7 Å². The van der Waals surface area contributed by atoms with Gasteiger partial charge in [-0.3, -0.25) is 4.68 Å². The minimum absolute atomic E-state index is 0.0423. The van der Waals surface area contributed by atoms with Crippen LogP contribution in [0.15, 0.2) is 36.5 Å². The van der Waals surface area contributed by atoms with Gasteiger partial charge < -0.3 is 5.32 Å². The van der Waals surface area contributed by atoms with Crippen LogP contribution in [0, 0.1) is 0 Å². The predicted octanol–water partition coefficient (Wildman–Crippen LogP) is 3.29. The molecule has 0 fully saturated rings. The van der Waals surface area contributed by atoms with Crippen molar-refractivity contribution in [2.45, 2.75) is 25.7 Å². The van der Waals surface area contributed by atoms with E-state index >= 15 is 0 Å². The highest BCUT2D eigenvalue weighted by Crippen LogP contribution is 2.29. The number of halogens is 3. The molecule has 0 radical (unpaired) electrons. The van der Waals surface area contributed by atoms with Gasteiger partial charge in [-0.1, -0.05) is 12.1 Å². The highest BCUT2D eigenvalue weighted by atomic mass is 19.4. The molecule has 1 aromatic carbocycles. The van der Waals surface area contributed by atoms with E-state index in [1.165, 1.54) is 12.1 Å². The first-order valence-electron chi connectivity index (χ1n) is 6.25. The lowest BCUT2D eigenvalue weighted by atomic mass is 10.1. The number of alkyl halides is 3. The van der Waals surface area contributed by atoms with Crippen LogP contribution in [0.5, 0.6) is 0 Å². The van der Waals surface area contributed by atoms with E-state index in [0.29, 0.717) is 6.54 Å². The Morgan fingerprint density at radius 3 is 2.35 bits per heavy atom. The molecule has 20 heavy (non-hydrogen) atoms. The molecule has 1 N–H and O–H groups in total. The van der Waals surface area contributed by atoms with Crippen molar-refractivity contribution < 1.29 is 13.2 Å². The van der Waals surface area contributed by atoms with Crippen molar-refractivity contribution in [2.75, 3.05) is 0 Å². The van der Waals surface area contributed by atoms with E-state index in [9.17, 15) is 13.2 Å². The molecular formula is C14H16F3N3. The molecule has 2 rings (SSSR count). The van der Waals surface area contributed by atoms with E-state index in [4.69, 9.17) is 0 Å². The van der Waals surface area contributed by atoms with Gasteiger partial charge in [-0.25, -0.2) is 0 Å². The average molecular weight is 283 g/mol. The molecule has 0 saturated carbocycles. The summed E-state index contributed by atoms with van der Waals surface area (Å²) in [6, 6.07) is 7.06. The summed E-state index contributed by atoms with van der Waals surface area (Å²) < 4.78 is 39.1. The number of hydrogen-bond acceptors (Lipinski definition) is 2. The smallest absolute Gasteiger partial charge is 0.304 e. The summed E-state index contributed by atoms with van der Waals surface area (Å²) >= 11 is 0. The first kappa shape index (κ1) is 14.6. The minimum atomic E-state index is -4.29. The Morgan fingerprint density at radius 1 is 1.20 bits per heavy atom. The molecule has 0 spiro atoms. The maximum absolute atomic E-state index is 12.5. The van der Waals surface area contributed by atoms with E-state index in [2.05, 4.69) is 10.4 Å². The largest absolute Gasteiger partial charge is 0.416 e. The Balaban J connectivity index is 1.97.